The predicted molar refractivity (Wildman–Crippen MR) is 93.5 cm³/mol. The predicted octanol–water partition coefficient (Wildman–Crippen LogP) is 3.92. The Bertz CT molecular complexity index is 662. The van der Waals surface area contributed by atoms with E-state index in [2.05, 4.69) is 10.2 Å². The minimum absolute atomic E-state index is 0.0719. The van der Waals surface area contributed by atoms with Crippen molar-refractivity contribution in [2.75, 3.05) is 13.2 Å². The molecule has 8 heteroatoms. The molecule has 0 heterocycles. The number of carbonyl (C=O) groups excluding carboxylic acids is 2. The van der Waals surface area contributed by atoms with Crippen molar-refractivity contribution in [2.45, 2.75) is 39.9 Å². The van der Waals surface area contributed by atoms with Crippen molar-refractivity contribution in [3.8, 4) is 0 Å². The van der Waals surface area contributed by atoms with E-state index in [1.54, 1.807) is 27.7 Å². The molecule has 26 heavy (non-hydrogen) atoms. The van der Waals surface area contributed by atoms with Crippen molar-refractivity contribution in [3.05, 3.63) is 47.4 Å². The summed E-state index contributed by atoms with van der Waals surface area (Å²) in [6.07, 6.45) is -0.989. The highest BCUT2D eigenvalue weighted by molar-refractivity contribution is 5.88. The average molecular weight is 364 g/mol. The van der Waals surface area contributed by atoms with E-state index in [-0.39, 0.29) is 19.8 Å². The Morgan fingerprint density at radius 2 is 1.77 bits per heavy atom. The number of nitrogens with zero attached hydrogens (tertiary/aromatic N) is 2. The van der Waals surface area contributed by atoms with E-state index >= 15 is 0 Å². The van der Waals surface area contributed by atoms with Crippen LogP contribution in [0, 0.1) is 0 Å². The Morgan fingerprint density at radius 1 is 1.12 bits per heavy atom. The summed E-state index contributed by atoms with van der Waals surface area (Å²) in [7, 11) is 0. The van der Waals surface area contributed by atoms with Gasteiger partial charge in [-0.05, 0) is 33.3 Å². The number of hydrogen-bond acceptors (Lipinski definition) is 7. The van der Waals surface area contributed by atoms with Gasteiger partial charge in [0.2, 0.25) is 5.70 Å². The highest BCUT2D eigenvalue weighted by Gasteiger charge is 2.20. The summed E-state index contributed by atoms with van der Waals surface area (Å²) in [4.78, 5) is 23.5. The third kappa shape index (κ3) is 8.39. The second kappa shape index (κ2) is 10.3. The highest BCUT2D eigenvalue weighted by Crippen LogP contribution is 2.12. The Kier molecular flexibility index (Phi) is 8.44. The van der Waals surface area contributed by atoms with Crippen LogP contribution in [0.25, 0.3) is 0 Å². The third-order valence-electron chi connectivity index (χ3n) is 2.72. The van der Waals surface area contributed by atoms with Crippen molar-refractivity contribution >= 4 is 12.1 Å². The van der Waals surface area contributed by atoms with E-state index < -0.39 is 29.1 Å². The summed E-state index contributed by atoms with van der Waals surface area (Å²) >= 11 is 0. The van der Waals surface area contributed by atoms with Crippen molar-refractivity contribution in [2.24, 2.45) is 10.2 Å². The first kappa shape index (κ1) is 21.3. The maximum absolute atomic E-state index is 11.9. The Hall–Kier alpha value is -2.74. The standard InChI is InChI=1S/C18H24N2O6/c1-5-25-16(22)15(19-20-17(23)26-18(2,3)4)14(21)12-24-11-13-9-7-6-8-10-13/h6-10,21H,5,11-12H2,1-4H3. The van der Waals surface area contributed by atoms with Gasteiger partial charge in [-0.15, -0.1) is 5.11 Å². The number of esters is 1. The summed E-state index contributed by atoms with van der Waals surface area (Å²) in [5.74, 6) is -1.41. The van der Waals surface area contributed by atoms with E-state index in [0.717, 1.165) is 5.56 Å². The van der Waals surface area contributed by atoms with Crippen LogP contribution in [0.3, 0.4) is 0 Å². The van der Waals surface area contributed by atoms with Gasteiger partial charge >= 0.3 is 12.1 Å². The molecule has 0 radical (unpaired) electrons. The fourth-order valence-corrected chi connectivity index (χ4v) is 1.70. The van der Waals surface area contributed by atoms with Gasteiger partial charge in [0.05, 0.1) is 13.2 Å². The van der Waals surface area contributed by atoms with E-state index in [4.69, 9.17) is 14.2 Å². The molecule has 1 aromatic rings. The number of ether oxygens (including phenoxy) is 3. The number of aliphatic hydroxyl groups excluding tert-OH is 1. The minimum Gasteiger partial charge on any atom is -0.507 e. The SMILES string of the molecule is CCOC(=O)C(N=NC(=O)OC(C)(C)C)=C(O)COCc1ccccc1. The lowest BCUT2D eigenvalue weighted by Crippen LogP contribution is -2.21. The van der Waals surface area contributed by atoms with E-state index in [9.17, 15) is 14.7 Å². The second-order valence-corrected chi connectivity index (χ2v) is 6.17. The molecule has 0 aliphatic carbocycles. The number of azo groups is 1. The van der Waals surface area contributed by atoms with Crippen LogP contribution in [0.15, 0.2) is 52.0 Å². The Morgan fingerprint density at radius 3 is 2.35 bits per heavy atom. The quantitative estimate of drug-likeness (QED) is 0.340. The summed E-state index contributed by atoms with van der Waals surface area (Å²) in [5, 5.41) is 16.8. The average Bonchev–Trinajstić information content (AvgIpc) is 2.54. The number of carbonyl (C=O) groups is 2. The Labute approximate surface area is 152 Å². The second-order valence-electron chi connectivity index (χ2n) is 6.17. The van der Waals surface area contributed by atoms with Gasteiger partial charge in [-0.3, -0.25) is 0 Å². The lowest BCUT2D eigenvalue weighted by atomic mass is 10.2. The lowest BCUT2D eigenvalue weighted by Gasteiger charge is -2.16. The highest BCUT2D eigenvalue weighted by atomic mass is 16.6. The van der Waals surface area contributed by atoms with E-state index in [0.29, 0.717) is 0 Å². The molecule has 1 aromatic carbocycles. The fraction of sp³-hybridized carbons (Fsp3) is 0.444. The summed E-state index contributed by atoms with van der Waals surface area (Å²) in [5.41, 5.74) is -0.371. The van der Waals surface area contributed by atoms with Crippen LogP contribution in [-0.2, 0) is 25.6 Å². The van der Waals surface area contributed by atoms with Gasteiger partial charge in [0, 0.05) is 0 Å². The molecule has 8 nitrogen and oxygen atoms in total. The first-order valence-electron chi connectivity index (χ1n) is 8.08. The maximum atomic E-state index is 11.9. The zero-order chi connectivity index (χ0) is 19.6. The minimum atomic E-state index is -0.989. The van der Waals surface area contributed by atoms with Gasteiger partial charge in [0.1, 0.15) is 12.2 Å². The summed E-state index contributed by atoms with van der Waals surface area (Å²) in [6.45, 7) is 6.60. The Balaban J connectivity index is 2.80. The van der Waals surface area contributed by atoms with Crippen LogP contribution in [0.4, 0.5) is 4.79 Å². The molecule has 0 saturated heterocycles. The van der Waals surface area contributed by atoms with Crippen LogP contribution in [-0.4, -0.2) is 36.0 Å². The number of amides is 1. The molecule has 0 aromatic heterocycles. The molecule has 142 valence electrons. The van der Waals surface area contributed by atoms with Gasteiger partial charge in [0.15, 0.2) is 5.76 Å². The van der Waals surface area contributed by atoms with Crippen molar-refractivity contribution < 1.29 is 28.9 Å². The normalized spacial score (nSPS) is 12.6. The number of aliphatic hydroxyl groups is 1. The topological polar surface area (TPSA) is 107 Å². The molecule has 0 saturated carbocycles. The van der Waals surface area contributed by atoms with Gasteiger partial charge in [-0.2, -0.15) is 0 Å². The number of benzene rings is 1. The van der Waals surface area contributed by atoms with Gasteiger partial charge < -0.3 is 19.3 Å². The molecule has 0 fully saturated rings. The molecular weight excluding hydrogens is 340 g/mol. The summed E-state index contributed by atoms with van der Waals surface area (Å²) in [6, 6.07) is 9.29. The molecule has 0 bridgehead atoms. The lowest BCUT2D eigenvalue weighted by molar-refractivity contribution is -0.138. The van der Waals surface area contributed by atoms with Crippen molar-refractivity contribution in [1.82, 2.24) is 0 Å². The molecule has 1 N–H and O–H groups in total. The monoisotopic (exact) mass is 364 g/mol. The largest absolute Gasteiger partial charge is 0.507 e. The van der Waals surface area contributed by atoms with Crippen LogP contribution in [0.1, 0.15) is 33.3 Å². The molecule has 0 aliphatic heterocycles. The number of hydrogen-bond donors (Lipinski definition) is 1. The van der Waals surface area contributed by atoms with Crippen LogP contribution >= 0.6 is 0 Å². The third-order valence-corrected chi connectivity index (χ3v) is 2.72. The van der Waals surface area contributed by atoms with Crippen LogP contribution < -0.4 is 0 Å². The van der Waals surface area contributed by atoms with Crippen molar-refractivity contribution in [3.63, 3.8) is 0 Å². The molecule has 0 aliphatic rings. The maximum Gasteiger partial charge on any atom is 0.452 e. The molecule has 0 unspecified atom stereocenters. The van der Waals surface area contributed by atoms with Crippen LogP contribution in [0.2, 0.25) is 0 Å². The first-order chi connectivity index (χ1) is 12.2. The zero-order valence-corrected chi connectivity index (χ0v) is 15.4. The molecule has 1 amide bonds. The van der Waals surface area contributed by atoms with Gasteiger partial charge in [-0.25, -0.2) is 9.59 Å². The van der Waals surface area contributed by atoms with E-state index in [1.165, 1.54) is 0 Å². The zero-order valence-electron chi connectivity index (χ0n) is 15.4. The molecule has 1 rings (SSSR count). The molecule has 0 spiro atoms. The fourth-order valence-electron chi connectivity index (χ4n) is 1.70. The van der Waals surface area contributed by atoms with Crippen molar-refractivity contribution in [1.29, 1.82) is 0 Å². The van der Waals surface area contributed by atoms with Gasteiger partial charge in [0.25, 0.3) is 0 Å². The van der Waals surface area contributed by atoms with Gasteiger partial charge in [-0.1, -0.05) is 35.4 Å². The molecule has 0 atom stereocenters. The summed E-state index contributed by atoms with van der Waals surface area (Å²) < 4.78 is 15.1. The smallest absolute Gasteiger partial charge is 0.452 e. The first-order valence-corrected chi connectivity index (χ1v) is 8.08. The number of rotatable bonds is 7. The molecular formula is C18H24N2O6. The van der Waals surface area contributed by atoms with E-state index in [1.807, 2.05) is 30.3 Å². The van der Waals surface area contributed by atoms with Crippen LogP contribution in [0.5, 0.6) is 0 Å².